The second-order valence-corrected chi connectivity index (χ2v) is 10.1. The van der Waals surface area contributed by atoms with E-state index in [2.05, 4.69) is 10.3 Å². The Hall–Kier alpha value is -3.63. The molecule has 5 rings (SSSR count). The second-order valence-electron chi connectivity index (χ2n) is 10.1. The molecular weight excluding hydrogens is 482 g/mol. The van der Waals surface area contributed by atoms with E-state index >= 15 is 0 Å². The summed E-state index contributed by atoms with van der Waals surface area (Å²) < 4.78 is 32.3. The standard InChI is InChI=1S/C26H30F2N6O3/c1-3-19-21(34-12-16(10-24(36)37)11-26(27,28)15-34)8-7-20(29-19)25-22(32(2)31-30-25)14-33-13-18(17-4-5-17)6-9-23(33)35/h6-9,13,16-17H,3-5,10-12,14-15H2,1-2H3,(H,36,37)/t16-/m0/s1. The van der Waals surface area contributed by atoms with Crippen LogP contribution in [0, 0.1) is 5.92 Å². The molecule has 1 N–H and O–H groups in total. The first-order valence-electron chi connectivity index (χ1n) is 12.6. The number of carboxylic acids is 1. The van der Waals surface area contributed by atoms with E-state index in [4.69, 9.17) is 10.1 Å². The van der Waals surface area contributed by atoms with E-state index in [0.717, 1.165) is 18.4 Å². The molecule has 11 heteroatoms. The predicted molar refractivity (Wildman–Crippen MR) is 133 cm³/mol. The van der Waals surface area contributed by atoms with Crippen molar-refractivity contribution in [3.05, 3.63) is 57.8 Å². The molecule has 1 aliphatic carbocycles. The van der Waals surface area contributed by atoms with E-state index in [0.29, 0.717) is 40.8 Å². The SMILES string of the molecule is CCc1nc(-c2nnn(C)c2Cn2cc(C3CC3)ccc2=O)ccc1N1C[C@@H](CC(=O)O)CC(F)(F)C1. The molecule has 1 atom stereocenters. The summed E-state index contributed by atoms with van der Waals surface area (Å²) in [6.45, 7) is 1.92. The summed E-state index contributed by atoms with van der Waals surface area (Å²) in [5.41, 5.74) is 4.00. The van der Waals surface area contributed by atoms with Gasteiger partial charge in [-0.1, -0.05) is 18.2 Å². The number of nitrogens with zero attached hydrogens (tertiary/aromatic N) is 6. The number of piperidine rings is 1. The van der Waals surface area contributed by atoms with Crippen LogP contribution >= 0.6 is 0 Å². The third-order valence-electron chi connectivity index (χ3n) is 7.14. The lowest BCUT2D eigenvalue weighted by molar-refractivity contribution is -0.139. The molecule has 1 aliphatic heterocycles. The summed E-state index contributed by atoms with van der Waals surface area (Å²) in [4.78, 5) is 30.0. The number of halogens is 2. The average molecular weight is 513 g/mol. The van der Waals surface area contributed by atoms with Crippen LogP contribution in [0.15, 0.2) is 35.3 Å². The van der Waals surface area contributed by atoms with Gasteiger partial charge >= 0.3 is 5.97 Å². The van der Waals surface area contributed by atoms with E-state index in [1.807, 2.05) is 19.2 Å². The summed E-state index contributed by atoms with van der Waals surface area (Å²) >= 11 is 0. The van der Waals surface area contributed by atoms with E-state index < -0.39 is 30.8 Å². The summed E-state index contributed by atoms with van der Waals surface area (Å²) in [5, 5.41) is 17.6. The Labute approximate surface area is 212 Å². The van der Waals surface area contributed by atoms with E-state index in [9.17, 15) is 18.4 Å². The molecule has 0 amide bonds. The number of aliphatic carboxylic acids is 1. The van der Waals surface area contributed by atoms with Crippen LogP contribution in [0.4, 0.5) is 14.5 Å². The van der Waals surface area contributed by atoms with Gasteiger partial charge in [0.05, 0.1) is 42.3 Å². The molecule has 37 heavy (non-hydrogen) atoms. The van der Waals surface area contributed by atoms with Gasteiger partial charge in [0.15, 0.2) is 0 Å². The van der Waals surface area contributed by atoms with Crippen molar-refractivity contribution in [2.24, 2.45) is 13.0 Å². The smallest absolute Gasteiger partial charge is 0.303 e. The van der Waals surface area contributed by atoms with Crippen LogP contribution in [0.5, 0.6) is 0 Å². The molecule has 0 spiro atoms. The number of carboxylic acid groups (broad SMARTS) is 1. The van der Waals surface area contributed by atoms with E-state index in [1.165, 1.54) is 0 Å². The van der Waals surface area contributed by atoms with Gasteiger partial charge in [0.2, 0.25) is 0 Å². The fraction of sp³-hybridized carbons (Fsp3) is 0.500. The number of hydrogen-bond acceptors (Lipinski definition) is 6. The molecule has 2 aliphatic rings. The monoisotopic (exact) mass is 512 g/mol. The van der Waals surface area contributed by atoms with Gasteiger partial charge in [-0.2, -0.15) is 0 Å². The maximum atomic E-state index is 14.5. The Balaban J connectivity index is 1.45. The van der Waals surface area contributed by atoms with Crippen LogP contribution in [0.3, 0.4) is 0 Å². The third-order valence-corrected chi connectivity index (χ3v) is 7.14. The maximum absolute atomic E-state index is 14.5. The highest BCUT2D eigenvalue weighted by Gasteiger charge is 2.41. The van der Waals surface area contributed by atoms with Crippen LogP contribution in [0.25, 0.3) is 11.4 Å². The minimum atomic E-state index is -2.98. The zero-order valence-electron chi connectivity index (χ0n) is 20.9. The van der Waals surface area contributed by atoms with E-state index in [1.54, 1.807) is 39.4 Å². The molecule has 196 valence electrons. The molecule has 0 radical (unpaired) electrons. The van der Waals surface area contributed by atoms with E-state index in [-0.39, 0.29) is 25.1 Å². The normalized spacial score (nSPS) is 19.2. The predicted octanol–water partition coefficient (Wildman–Crippen LogP) is 3.46. The molecule has 1 saturated carbocycles. The first-order valence-corrected chi connectivity index (χ1v) is 12.6. The Morgan fingerprint density at radius 2 is 2.00 bits per heavy atom. The van der Waals surface area contributed by atoms with Crippen molar-refractivity contribution >= 4 is 11.7 Å². The molecule has 9 nitrogen and oxygen atoms in total. The van der Waals surface area contributed by atoms with Gasteiger partial charge in [0.25, 0.3) is 11.5 Å². The minimum absolute atomic E-state index is 0.115. The van der Waals surface area contributed by atoms with Gasteiger partial charge in [0, 0.05) is 32.3 Å². The van der Waals surface area contributed by atoms with Gasteiger partial charge in [-0.3, -0.25) is 9.59 Å². The number of pyridine rings is 2. The quantitative estimate of drug-likeness (QED) is 0.493. The van der Waals surface area contributed by atoms with Gasteiger partial charge in [-0.15, -0.1) is 5.10 Å². The molecule has 0 unspecified atom stereocenters. The van der Waals surface area contributed by atoms with Crippen molar-refractivity contribution < 1.29 is 18.7 Å². The molecular formula is C26H30F2N6O3. The highest BCUT2D eigenvalue weighted by atomic mass is 19.3. The minimum Gasteiger partial charge on any atom is -0.481 e. The lowest BCUT2D eigenvalue weighted by Crippen LogP contribution is -2.48. The number of aromatic nitrogens is 5. The Bertz CT molecular complexity index is 1380. The van der Waals surface area contributed by atoms with Gasteiger partial charge < -0.3 is 14.6 Å². The molecule has 1 saturated heterocycles. The molecule has 3 aromatic heterocycles. The van der Waals surface area contributed by atoms with Crippen molar-refractivity contribution in [3.63, 3.8) is 0 Å². The van der Waals surface area contributed by atoms with Crippen LogP contribution in [-0.2, 0) is 24.8 Å². The third kappa shape index (κ3) is 5.40. The lowest BCUT2D eigenvalue weighted by atomic mass is 9.91. The Kier molecular flexibility index (Phi) is 6.55. The highest BCUT2D eigenvalue weighted by molar-refractivity contribution is 5.67. The zero-order valence-corrected chi connectivity index (χ0v) is 20.9. The Morgan fingerprint density at radius 1 is 1.22 bits per heavy atom. The molecule has 0 bridgehead atoms. The van der Waals surface area contributed by atoms with Crippen LogP contribution < -0.4 is 10.5 Å². The average Bonchev–Trinajstić information content (AvgIpc) is 3.62. The molecule has 4 heterocycles. The summed E-state index contributed by atoms with van der Waals surface area (Å²) in [5.74, 6) is -4.21. The maximum Gasteiger partial charge on any atom is 0.303 e. The lowest BCUT2D eigenvalue weighted by Gasteiger charge is -2.39. The van der Waals surface area contributed by atoms with Crippen molar-refractivity contribution in [1.82, 2.24) is 24.5 Å². The van der Waals surface area contributed by atoms with Crippen molar-refractivity contribution in [3.8, 4) is 11.4 Å². The fourth-order valence-corrected chi connectivity index (χ4v) is 5.19. The van der Waals surface area contributed by atoms with Crippen LogP contribution in [-0.4, -0.2) is 54.6 Å². The highest BCUT2D eigenvalue weighted by Crippen LogP contribution is 2.39. The number of anilines is 1. The molecule has 0 aromatic carbocycles. The van der Waals surface area contributed by atoms with Gasteiger partial charge in [-0.25, -0.2) is 18.4 Å². The van der Waals surface area contributed by atoms with Crippen LogP contribution in [0.1, 0.15) is 55.5 Å². The van der Waals surface area contributed by atoms with Gasteiger partial charge in [-0.05, 0) is 48.8 Å². The number of rotatable bonds is 8. The summed E-state index contributed by atoms with van der Waals surface area (Å²) in [6, 6.07) is 6.95. The van der Waals surface area contributed by atoms with Crippen molar-refractivity contribution in [1.29, 1.82) is 0 Å². The first kappa shape index (κ1) is 25.0. The van der Waals surface area contributed by atoms with Crippen LogP contribution in [0.2, 0.25) is 0 Å². The number of alkyl halides is 2. The zero-order chi connectivity index (χ0) is 26.3. The first-order chi connectivity index (χ1) is 17.6. The number of hydrogen-bond donors (Lipinski definition) is 1. The summed E-state index contributed by atoms with van der Waals surface area (Å²) in [6.07, 6.45) is 3.91. The molecule has 2 fully saturated rings. The van der Waals surface area contributed by atoms with Gasteiger partial charge in [0.1, 0.15) is 5.69 Å². The number of aryl methyl sites for hydroxylation is 2. The van der Waals surface area contributed by atoms with Crippen molar-refractivity contribution in [2.75, 3.05) is 18.0 Å². The topological polar surface area (TPSA) is 106 Å². The molecule has 3 aromatic rings. The largest absolute Gasteiger partial charge is 0.481 e. The number of carbonyl (C=O) groups is 1. The summed E-state index contributed by atoms with van der Waals surface area (Å²) in [7, 11) is 1.76. The Morgan fingerprint density at radius 3 is 2.70 bits per heavy atom. The second kappa shape index (κ2) is 9.68. The van der Waals surface area contributed by atoms with Crippen molar-refractivity contribution in [2.45, 2.75) is 57.4 Å². The fourth-order valence-electron chi connectivity index (χ4n) is 5.19.